The summed E-state index contributed by atoms with van der Waals surface area (Å²) in [5, 5.41) is 2.29. The maximum absolute atomic E-state index is 13.2. The van der Waals surface area contributed by atoms with Crippen molar-refractivity contribution < 1.29 is 35.7 Å². The monoisotopic (exact) mass is 550 g/mol. The van der Waals surface area contributed by atoms with Gasteiger partial charge in [-0.25, -0.2) is 8.42 Å². The maximum Gasteiger partial charge on any atom is 0.373 e. The third-order valence-electron chi connectivity index (χ3n) is 4.77. The molecule has 0 aliphatic carbocycles. The van der Waals surface area contributed by atoms with Gasteiger partial charge in [0, 0.05) is 21.7 Å². The molecule has 0 amide bonds. The Balaban J connectivity index is 0.000000990. The van der Waals surface area contributed by atoms with E-state index in [1.807, 2.05) is 30.3 Å². The summed E-state index contributed by atoms with van der Waals surface area (Å²) in [5.74, 6) is 0. The zero-order valence-electron chi connectivity index (χ0n) is 16.3. The minimum Gasteiger partial charge on any atom is -1.00 e. The van der Waals surface area contributed by atoms with Gasteiger partial charge in [0.05, 0.1) is 17.1 Å². The molecule has 1 aliphatic rings. The predicted octanol–water partition coefficient (Wildman–Crippen LogP) is -0.307. The van der Waals surface area contributed by atoms with Crippen molar-refractivity contribution in [3.05, 3.63) is 57.2 Å². The molecule has 0 spiro atoms. The van der Waals surface area contributed by atoms with Gasteiger partial charge in [-0.1, -0.05) is 37.6 Å². The second-order valence-electron chi connectivity index (χ2n) is 6.51. The highest BCUT2D eigenvalue weighted by molar-refractivity contribution is 14.1. The number of nitrogens with zero attached hydrogens (tertiary/aromatic N) is 1. The van der Waals surface area contributed by atoms with Crippen molar-refractivity contribution in [3.63, 3.8) is 0 Å². The van der Waals surface area contributed by atoms with E-state index >= 15 is 0 Å². The van der Waals surface area contributed by atoms with Crippen molar-refractivity contribution >= 4 is 44.5 Å². The van der Waals surface area contributed by atoms with Crippen LogP contribution in [0.25, 0.3) is 0 Å². The van der Waals surface area contributed by atoms with E-state index in [0.717, 1.165) is 33.4 Å². The maximum atomic E-state index is 13.2. The van der Waals surface area contributed by atoms with Crippen LogP contribution in [0.4, 0.5) is 5.69 Å². The van der Waals surface area contributed by atoms with Gasteiger partial charge >= 0.3 is 6.15 Å². The standard InChI is InChI=1S/C19H23IN2O2S.CO2.ClH/c1-3-4-7-12-21-19-15-8-5-6-9-17(15)22(2)25(23,24)18-13-14(20)10-11-16(18)19;2-1-3;/h5-6,8-11,13,19,21H,3-4,7,12H2,1-2H3;;1H. The van der Waals surface area contributed by atoms with Crippen LogP contribution in [0.3, 0.4) is 0 Å². The number of nitrogens with two attached hydrogens (primary N) is 1. The van der Waals surface area contributed by atoms with Crippen LogP contribution in [-0.2, 0) is 19.6 Å². The van der Waals surface area contributed by atoms with Crippen molar-refractivity contribution in [3.8, 4) is 0 Å². The second-order valence-corrected chi connectivity index (χ2v) is 9.69. The fraction of sp³-hybridized carbons (Fsp3) is 0.350. The lowest BCUT2D eigenvalue weighted by Gasteiger charge is -2.20. The summed E-state index contributed by atoms with van der Waals surface area (Å²) in [7, 11) is -1.90. The second kappa shape index (κ2) is 11.7. The van der Waals surface area contributed by atoms with E-state index in [-0.39, 0.29) is 24.6 Å². The van der Waals surface area contributed by atoms with Crippen LogP contribution in [0.5, 0.6) is 0 Å². The van der Waals surface area contributed by atoms with Gasteiger partial charge in [0.15, 0.2) is 0 Å². The number of unbranched alkanes of at least 4 members (excludes halogenated alkanes) is 2. The molecule has 158 valence electrons. The fourth-order valence-electron chi connectivity index (χ4n) is 3.40. The Hall–Kier alpha value is -1.45. The van der Waals surface area contributed by atoms with E-state index in [4.69, 9.17) is 9.59 Å². The molecule has 1 atom stereocenters. The topological polar surface area (TPSA) is 88.1 Å². The lowest BCUT2D eigenvalue weighted by molar-refractivity contribution is -0.687. The summed E-state index contributed by atoms with van der Waals surface area (Å²) in [6.45, 7) is 3.18. The highest BCUT2D eigenvalue weighted by Crippen LogP contribution is 2.38. The molecule has 0 saturated carbocycles. The summed E-state index contributed by atoms with van der Waals surface area (Å²) >= 11 is 2.18. The summed E-state index contributed by atoms with van der Waals surface area (Å²) in [4.78, 5) is 16.7. The number of halogens is 2. The van der Waals surface area contributed by atoms with E-state index in [9.17, 15) is 8.42 Å². The molecular weight excluding hydrogens is 527 g/mol. The van der Waals surface area contributed by atoms with Crippen LogP contribution in [0.1, 0.15) is 43.4 Å². The van der Waals surface area contributed by atoms with Crippen LogP contribution in [-0.4, -0.2) is 28.2 Å². The van der Waals surface area contributed by atoms with Gasteiger partial charge in [-0.15, -0.1) is 0 Å². The molecule has 9 heteroatoms. The molecule has 3 rings (SSSR count). The van der Waals surface area contributed by atoms with Crippen molar-refractivity contribution in [2.75, 3.05) is 17.9 Å². The van der Waals surface area contributed by atoms with E-state index < -0.39 is 10.0 Å². The van der Waals surface area contributed by atoms with Crippen molar-refractivity contribution in [2.24, 2.45) is 0 Å². The van der Waals surface area contributed by atoms with Crippen molar-refractivity contribution in [1.29, 1.82) is 0 Å². The van der Waals surface area contributed by atoms with Gasteiger partial charge in [0.2, 0.25) is 0 Å². The van der Waals surface area contributed by atoms with Gasteiger partial charge in [0.1, 0.15) is 6.04 Å². The zero-order valence-corrected chi connectivity index (χ0v) is 20.0. The van der Waals surface area contributed by atoms with E-state index in [1.165, 1.54) is 17.1 Å². The third kappa shape index (κ3) is 5.79. The first kappa shape index (κ1) is 25.6. The Kier molecular flexibility index (Phi) is 10.3. The molecule has 0 bridgehead atoms. The molecule has 2 aromatic carbocycles. The van der Waals surface area contributed by atoms with Gasteiger partial charge in [0.25, 0.3) is 10.0 Å². The highest BCUT2D eigenvalue weighted by atomic mass is 127. The first-order chi connectivity index (χ1) is 13.4. The smallest absolute Gasteiger partial charge is 0.373 e. The molecule has 6 nitrogen and oxygen atoms in total. The minimum absolute atomic E-state index is 0. The lowest BCUT2D eigenvalue weighted by atomic mass is 9.96. The van der Waals surface area contributed by atoms with Crippen LogP contribution in [0.2, 0.25) is 0 Å². The number of benzene rings is 2. The molecule has 1 aliphatic heterocycles. The van der Waals surface area contributed by atoms with Gasteiger partial charge < -0.3 is 17.7 Å². The number of para-hydroxylation sites is 1. The first-order valence-corrected chi connectivity index (χ1v) is 11.6. The van der Waals surface area contributed by atoms with Crippen LogP contribution < -0.4 is 22.0 Å². The number of carbonyl (C=O) groups excluding carboxylic acids is 2. The molecule has 2 N–H and O–H groups in total. The van der Waals surface area contributed by atoms with Crippen LogP contribution in [0.15, 0.2) is 47.4 Å². The quantitative estimate of drug-likeness (QED) is 0.409. The van der Waals surface area contributed by atoms with Gasteiger partial charge in [-0.2, -0.15) is 9.59 Å². The molecule has 0 fully saturated rings. The first-order valence-electron chi connectivity index (χ1n) is 9.08. The molecule has 2 aromatic rings. The molecule has 0 radical (unpaired) electrons. The number of sulfonamides is 1. The Morgan fingerprint density at radius 1 is 1.10 bits per heavy atom. The summed E-state index contributed by atoms with van der Waals surface area (Å²) in [5.41, 5.74) is 2.71. The average molecular weight is 551 g/mol. The number of quaternary nitrogens is 1. The molecular formula is C20H24ClIN2O4S. The predicted molar refractivity (Wildman–Crippen MR) is 114 cm³/mol. The summed E-state index contributed by atoms with van der Waals surface area (Å²) < 4.78 is 28.7. The Labute approximate surface area is 191 Å². The van der Waals surface area contributed by atoms with Gasteiger partial charge in [-0.3, -0.25) is 4.31 Å². The van der Waals surface area contributed by atoms with E-state index in [2.05, 4.69) is 40.9 Å². The molecule has 1 unspecified atom stereocenters. The Bertz CT molecular complexity index is 963. The molecule has 0 saturated heterocycles. The molecule has 29 heavy (non-hydrogen) atoms. The van der Waals surface area contributed by atoms with Crippen LogP contribution >= 0.6 is 22.6 Å². The van der Waals surface area contributed by atoms with Crippen LogP contribution in [0, 0.1) is 3.57 Å². The largest absolute Gasteiger partial charge is 1.00 e. The Morgan fingerprint density at radius 3 is 2.41 bits per heavy atom. The number of anilines is 1. The average Bonchev–Trinajstić information content (AvgIpc) is 2.74. The van der Waals surface area contributed by atoms with Gasteiger partial charge in [-0.05, 0) is 53.6 Å². The lowest BCUT2D eigenvalue weighted by Crippen LogP contribution is -3.00. The third-order valence-corrected chi connectivity index (χ3v) is 7.27. The van der Waals surface area contributed by atoms with Crippen molar-refractivity contribution in [1.82, 2.24) is 0 Å². The van der Waals surface area contributed by atoms with Crippen molar-refractivity contribution in [2.45, 2.75) is 37.1 Å². The summed E-state index contributed by atoms with van der Waals surface area (Å²) in [6.07, 6.45) is 3.76. The number of hydrogen-bond acceptors (Lipinski definition) is 4. The SMILES string of the molecule is CCCCC[NH2+]C1c2ccccc2N(C)S(=O)(=O)c2cc(I)ccc21.O=C=O.[Cl-]. The normalized spacial score (nSPS) is 16.1. The number of hydrogen-bond donors (Lipinski definition) is 1. The Morgan fingerprint density at radius 2 is 1.76 bits per heavy atom. The number of fused-ring (bicyclic) bond motifs is 2. The fourth-order valence-corrected chi connectivity index (χ4v) is 5.59. The minimum atomic E-state index is -3.55. The molecule has 1 heterocycles. The highest BCUT2D eigenvalue weighted by Gasteiger charge is 2.36. The zero-order chi connectivity index (χ0) is 20.7. The number of rotatable bonds is 5. The van der Waals surface area contributed by atoms with E-state index in [0.29, 0.717) is 4.90 Å². The molecule has 0 aromatic heterocycles. The van der Waals surface area contributed by atoms with E-state index in [1.54, 1.807) is 13.1 Å². The summed E-state index contributed by atoms with van der Waals surface area (Å²) in [6, 6.07) is 13.6.